The van der Waals surface area contributed by atoms with E-state index in [1.807, 2.05) is 0 Å². The first-order chi connectivity index (χ1) is 9.52. The van der Waals surface area contributed by atoms with Gasteiger partial charge in [-0.2, -0.15) is 0 Å². The summed E-state index contributed by atoms with van der Waals surface area (Å²) in [5.74, 6) is -2.17. The molecule has 6 heteroatoms. The Morgan fingerprint density at radius 2 is 1.80 bits per heavy atom. The third kappa shape index (κ3) is 2.64. The van der Waals surface area contributed by atoms with Gasteiger partial charge < -0.3 is 15.7 Å². The molecule has 2 amide bonds. The molecule has 1 aromatic carbocycles. The van der Waals surface area contributed by atoms with E-state index in [1.165, 1.54) is 17.0 Å². The van der Waals surface area contributed by atoms with E-state index in [0.717, 1.165) is 12.8 Å². The number of hydrogen-bond donors (Lipinski definition) is 2. The van der Waals surface area contributed by atoms with Gasteiger partial charge in [0.15, 0.2) is 0 Å². The highest BCUT2D eigenvalue weighted by Crippen LogP contribution is 2.21. The standard InChI is InChI=1S/C14H16N2O4/c15-12(17)11-7-3-4-8-16(11)13(18)9-5-1-2-6-10(9)14(19)20/h1-2,5-6,11H,3-4,7-8H2,(H2,15,17)(H,19,20). The fourth-order valence-electron chi connectivity index (χ4n) is 2.48. The van der Waals surface area contributed by atoms with Gasteiger partial charge in [-0.05, 0) is 31.4 Å². The van der Waals surface area contributed by atoms with Gasteiger partial charge in [-0.1, -0.05) is 12.1 Å². The average molecular weight is 276 g/mol. The van der Waals surface area contributed by atoms with Crippen molar-refractivity contribution < 1.29 is 19.5 Å². The van der Waals surface area contributed by atoms with Crippen LogP contribution in [0.4, 0.5) is 0 Å². The Kier molecular flexibility index (Phi) is 4.02. The van der Waals surface area contributed by atoms with E-state index in [1.54, 1.807) is 12.1 Å². The zero-order valence-electron chi connectivity index (χ0n) is 10.9. The topological polar surface area (TPSA) is 101 Å². The number of amides is 2. The van der Waals surface area contributed by atoms with Crippen LogP contribution in [0.2, 0.25) is 0 Å². The lowest BCUT2D eigenvalue weighted by molar-refractivity contribution is -0.123. The normalized spacial score (nSPS) is 18.6. The number of carboxylic acid groups (broad SMARTS) is 1. The summed E-state index contributed by atoms with van der Waals surface area (Å²) in [6.07, 6.45) is 2.14. The van der Waals surface area contributed by atoms with E-state index >= 15 is 0 Å². The minimum absolute atomic E-state index is 0.0636. The van der Waals surface area contributed by atoms with Crippen LogP contribution in [0.3, 0.4) is 0 Å². The van der Waals surface area contributed by atoms with Gasteiger partial charge in [0.05, 0.1) is 11.1 Å². The number of hydrogen-bond acceptors (Lipinski definition) is 3. The first kappa shape index (κ1) is 14.0. The molecule has 0 radical (unpaired) electrons. The van der Waals surface area contributed by atoms with E-state index in [9.17, 15) is 14.4 Å². The Morgan fingerprint density at radius 3 is 2.40 bits per heavy atom. The van der Waals surface area contributed by atoms with Crippen LogP contribution in [0.5, 0.6) is 0 Å². The predicted octanol–water partition coefficient (Wildman–Crippen LogP) is 0.865. The largest absolute Gasteiger partial charge is 0.478 e. The minimum Gasteiger partial charge on any atom is -0.478 e. The number of primary amides is 1. The highest BCUT2D eigenvalue weighted by molar-refractivity contribution is 6.05. The van der Waals surface area contributed by atoms with Crippen molar-refractivity contribution in [1.82, 2.24) is 4.90 Å². The molecule has 0 aromatic heterocycles. The molecular formula is C14H16N2O4. The maximum atomic E-state index is 12.5. The molecule has 2 rings (SSSR count). The van der Waals surface area contributed by atoms with Crippen molar-refractivity contribution >= 4 is 17.8 Å². The highest BCUT2D eigenvalue weighted by atomic mass is 16.4. The summed E-state index contributed by atoms with van der Waals surface area (Å²) in [5, 5.41) is 9.13. The fraction of sp³-hybridized carbons (Fsp3) is 0.357. The molecule has 0 saturated carbocycles. The number of nitrogens with two attached hydrogens (primary N) is 1. The van der Waals surface area contributed by atoms with Crippen molar-refractivity contribution in [1.29, 1.82) is 0 Å². The molecule has 0 aliphatic carbocycles. The van der Waals surface area contributed by atoms with Crippen LogP contribution >= 0.6 is 0 Å². The van der Waals surface area contributed by atoms with Gasteiger partial charge in [-0.25, -0.2) is 4.79 Å². The van der Waals surface area contributed by atoms with Crippen molar-refractivity contribution in [2.24, 2.45) is 5.73 Å². The Bertz CT molecular complexity index is 556. The zero-order chi connectivity index (χ0) is 14.7. The lowest BCUT2D eigenvalue weighted by atomic mass is 9.99. The molecule has 1 aromatic rings. The number of benzene rings is 1. The molecule has 6 nitrogen and oxygen atoms in total. The summed E-state index contributed by atoms with van der Waals surface area (Å²) in [5.41, 5.74) is 5.35. The average Bonchev–Trinajstić information content (AvgIpc) is 2.46. The van der Waals surface area contributed by atoms with E-state index < -0.39 is 23.8 Å². The van der Waals surface area contributed by atoms with E-state index in [-0.39, 0.29) is 11.1 Å². The Labute approximate surface area is 116 Å². The predicted molar refractivity (Wildman–Crippen MR) is 71.3 cm³/mol. The summed E-state index contributed by atoms with van der Waals surface area (Å²) in [6, 6.07) is 5.33. The van der Waals surface area contributed by atoms with Gasteiger partial charge in [-0.3, -0.25) is 9.59 Å². The maximum Gasteiger partial charge on any atom is 0.336 e. The summed E-state index contributed by atoms with van der Waals surface area (Å²) >= 11 is 0. The molecule has 0 spiro atoms. The zero-order valence-corrected chi connectivity index (χ0v) is 10.9. The number of carbonyl (C=O) groups is 3. The van der Waals surface area contributed by atoms with Gasteiger partial charge >= 0.3 is 5.97 Å². The fourth-order valence-corrected chi connectivity index (χ4v) is 2.48. The summed E-state index contributed by atoms with van der Waals surface area (Å²) < 4.78 is 0. The van der Waals surface area contributed by atoms with Crippen molar-refractivity contribution in [3.05, 3.63) is 35.4 Å². The summed E-state index contributed by atoms with van der Waals surface area (Å²) in [4.78, 5) is 36.5. The van der Waals surface area contributed by atoms with Gasteiger partial charge in [0.1, 0.15) is 6.04 Å². The molecule has 1 atom stereocenters. The smallest absolute Gasteiger partial charge is 0.336 e. The number of carboxylic acids is 1. The van der Waals surface area contributed by atoms with Crippen molar-refractivity contribution in [3.63, 3.8) is 0 Å². The van der Waals surface area contributed by atoms with Crippen molar-refractivity contribution in [3.8, 4) is 0 Å². The third-order valence-corrected chi connectivity index (χ3v) is 3.48. The summed E-state index contributed by atoms with van der Waals surface area (Å²) in [6.45, 7) is 0.417. The summed E-state index contributed by atoms with van der Waals surface area (Å²) in [7, 11) is 0. The van der Waals surface area contributed by atoms with Crippen LogP contribution in [0.25, 0.3) is 0 Å². The number of piperidine rings is 1. The quantitative estimate of drug-likeness (QED) is 0.855. The molecule has 1 aliphatic heterocycles. The molecule has 1 fully saturated rings. The molecule has 106 valence electrons. The Balaban J connectivity index is 2.35. The Morgan fingerprint density at radius 1 is 1.15 bits per heavy atom. The number of rotatable bonds is 3. The van der Waals surface area contributed by atoms with E-state index in [2.05, 4.69) is 0 Å². The van der Waals surface area contributed by atoms with Crippen LogP contribution in [0.15, 0.2) is 24.3 Å². The maximum absolute atomic E-state index is 12.5. The molecule has 1 unspecified atom stereocenters. The van der Waals surface area contributed by atoms with Gasteiger partial charge in [0.2, 0.25) is 5.91 Å². The van der Waals surface area contributed by atoms with Crippen LogP contribution in [-0.2, 0) is 4.79 Å². The number of aromatic carboxylic acids is 1. The molecule has 0 bridgehead atoms. The second-order valence-corrected chi connectivity index (χ2v) is 4.76. The van der Waals surface area contributed by atoms with Crippen LogP contribution < -0.4 is 5.73 Å². The molecular weight excluding hydrogens is 260 g/mol. The Hall–Kier alpha value is -2.37. The number of nitrogens with zero attached hydrogens (tertiary/aromatic N) is 1. The van der Waals surface area contributed by atoms with E-state index in [0.29, 0.717) is 13.0 Å². The van der Waals surface area contributed by atoms with Crippen molar-refractivity contribution in [2.45, 2.75) is 25.3 Å². The van der Waals surface area contributed by atoms with Crippen LogP contribution in [-0.4, -0.2) is 40.4 Å². The second-order valence-electron chi connectivity index (χ2n) is 4.76. The van der Waals surface area contributed by atoms with Gasteiger partial charge in [-0.15, -0.1) is 0 Å². The SMILES string of the molecule is NC(=O)C1CCCCN1C(=O)c1ccccc1C(=O)O. The van der Waals surface area contributed by atoms with Crippen LogP contribution in [0.1, 0.15) is 40.0 Å². The minimum atomic E-state index is -1.17. The van der Waals surface area contributed by atoms with Crippen molar-refractivity contribution in [2.75, 3.05) is 6.54 Å². The molecule has 1 saturated heterocycles. The first-order valence-corrected chi connectivity index (χ1v) is 6.45. The molecule has 1 heterocycles. The highest BCUT2D eigenvalue weighted by Gasteiger charge is 2.32. The lowest BCUT2D eigenvalue weighted by Gasteiger charge is -2.33. The van der Waals surface area contributed by atoms with Crippen LogP contribution in [0, 0.1) is 0 Å². The molecule has 20 heavy (non-hydrogen) atoms. The lowest BCUT2D eigenvalue weighted by Crippen LogP contribution is -2.50. The first-order valence-electron chi connectivity index (χ1n) is 6.45. The second kappa shape index (κ2) is 5.73. The third-order valence-electron chi connectivity index (χ3n) is 3.48. The number of carbonyl (C=O) groups excluding carboxylic acids is 2. The molecule has 1 aliphatic rings. The van der Waals surface area contributed by atoms with Gasteiger partial charge in [0, 0.05) is 6.54 Å². The van der Waals surface area contributed by atoms with Gasteiger partial charge in [0.25, 0.3) is 5.91 Å². The number of likely N-dealkylation sites (tertiary alicyclic amines) is 1. The molecule has 3 N–H and O–H groups in total. The van der Waals surface area contributed by atoms with E-state index in [4.69, 9.17) is 10.8 Å². The monoisotopic (exact) mass is 276 g/mol.